The van der Waals surface area contributed by atoms with Crippen LogP contribution in [-0.4, -0.2) is 39.0 Å². The van der Waals surface area contributed by atoms with E-state index in [1.807, 2.05) is 6.07 Å². The fourth-order valence-corrected chi connectivity index (χ4v) is 3.75. The zero-order valence-corrected chi connectivity index (χ0v) is 12.3. The summed E-state index contributed by atoms with van der Waals surface area (Å²) in [7, 11) is -1.70. The van der Waals surface area contributed by atoms with Gasteiger partial charge in [-0.25, -0.2) is 12.7 Å². The topological polar surface area (TPSA) is 70.4 Å². The molecule has 0 radical (unpaired) electrons. The van der Waals surface area contributed by atoms with Crippen LogP contribution in [0.1, 0.15) is 24.0 Å². The number of ether oxygens (including phenoxy) is 1. The second-order valence-corrected chi connectivity index (χ2v) is 6.95. The van der Waals surface area contributed by atoms with Crippen LogP contribution in [0.3, 0.4) is 0 Å². The lowest BCUT2D eigenvalue weighted by Gasteiger charge is -2.30. The third-order valence-corrected chi connectivity index (χ3v) is 5.45. The smallest absolute Gasteiger partial charge is 0.218 e. The predicted molar refractivity (Wildman–Crippen MR) is 75.4 cm³/mol. The average Bonchev–Trinajstić information content (AvgIpc) is 2.48. The van der Waals surface area contributed by atoms with Crippen molar-refractivity contribution in [1.82, 2.24) is 4.31 Å². The molecule has 0 N–H and O–H groups in total. The van der Waals surface area contributed by atoms with Crippen molar-refractivity contribution in [1.29, 1.82) is 5.26 Å². The van der Waals surface area contributed by atoms with Crippen LogP contribution in [0.4, 0.5) is 0 Å². The molecule has 20 heavy (non-hydrogen) atoms. The lowest BCUT2D eigenvalue weighted by molar-refractivity contribution is 0.0632. The standard InChI is InChI=1S/C14H18N2O3S/c1-16(14-6-8-19-9-7-14)20(17,18)11-13-4-2-12(10-15)3-5-13/h2-5,14H,6-9,11H2,1H3. The van der Waals surface area contributed by atoms with Crippen LogP contribution in [0.2, 0.25) is 0 Å². The van der Waals surface area contributed by atoms with E-state index in [-0.39, 0.29) is 11.8 Å². The van der Waals surface area contributed by atoms with Crippen LogP contribution >= 0.6 is 0 Å². The third-order valence-electron chi connectivity index (χ3n) is 3.58. The largest absolute Gasteiger partial charge is 0.381 e. The van der Waals surface area contributed by atoms with Gasteiger partial charge in [-0.05, 0) is 30.5 Å². The molecule has 1 aliphatic rings. The molecular formula is C14H18N2O3S. The molecule has 1 fully saturated rings. The fourth-order valence-electron chi connectivity index (χ4n) is 2.26. The van der Waals surface area contributed by atoms with E-state index >= 15 is 0 Å². The van der Waals surface area contributed by atoms with E-state index in [1.165, 1.54) is 4.31 Å². The van der Waals surface area contributed by atoms with Crippen molar-refractivity contribution >= 4 is 10.0 Å². The normalized spacial score (nSPS) is 17.1. The highest BCUT2D eigenvalue weighted by molar-refractivity contribution is 7.88. The first-order valence-electron chi connectivity index (χ1n) is 6.55. The summed E-state index contributed by atoms with van der Waals surface area (Å²) in [6, 6.07) is 8.69. The summed E-state index contributed by atoms with van der Waals surface area (Å²) in [5.74, 6) is -0.0352. The molecule has 0 bridgehead atoms. The minimum Gasteiger partial charge on any atom is -0.381 e. The Kier molecular flexibility index (Phi) is 4.76. The second-order valence-electron chi connectivity index (χ2n) is 4.92. The van der Waals surface area contributed by atoms with Crippen molar-refractivity contribution in [3.05, 3.63) is 35.4 Å². The van der Waals surface area contributed by atoms with Gasteiger partial charge in [0.15, 0.2) is 0 Å². The summed E-state index contributed by atoms with van der Waals surface area (Å²) in [6.07, 6.45) is 1.48. The lowest BCUT2D eigenvalue weighted by atomic mass is 10.1. The zero-order chi connectivity index (χ0) is 14.6. The molecule has 0 saturated carbocycles. The molecule has 6 heteroatoms. The number of sulfonamides is 1. The van der Waals surface area contributed by atoms with E-state index in [0.717, 1.165) is 12.8 Å². The number of benzene rings is 1. The Labute approximate surface area is 119 Å². The molecule has 1 aromatic carbocycles. The predicted octanol–water partition coefficient (Wildman–Crippen LogP) is 1.50. The van der Waals surface area contributed by atoms with Gasteiger partial charge in [-0.2, -0.15) is 5.26 Å². The van der Waals surface area contributed by atoms with Crippen molar-refractivity contribution < 1.29 is 13.2 Å². The first-order valence-corrected chi connectivity index (χ1v) is 8.16. The Morgan fingerprint density at radius 1 is 1.30 bits per heavy atom. The molecule has 0 spiro atoms. The van der Waals surface area contributed by atoms with Gasteiger partial charge in [-0.15, -0.1) is 0 Å². The average molecular weight is 294 g/mol. The van der Waals surface area contributed by atoms with Gasteiger partial charge in [0, 0.05) is 26.3 Å². The van der Waals surface area contributed by atoms with Crippen molar-refractivity contribution in [3.63, 3.8) is 0 Å². The minimum atomic E-state index is -3.34. The monoisotopic (exact) mass is 294 g/mol. The quantitative estimate of drug-likeness (QED) is 0.843. The maximum Gasteiger partial charge on any atom is 0.218 e. The van der Waals surface area contributed by atoms with Gasteiger partial charge in [-0.1, -0.05) is 12.1 Å². The number of nitrogens with zero attached hydrogens (tertiary/aromatic N) is 2. The molecule has 0 amide bonds. The number of rotatable bonds is 4. The Hall–Kier alpha value is -1.42. The third kappa shape index (κ3) is 3.57. The van der Waals surface area contributed by atoms with Crippen LogP contribution in [0.25, 0.3) is 0 Å². The molecular weight excluding hydrogens is 276 g/mol. The Morgan fingerprint density at radius 2 is 1.90 bits per heavy atom. The minimum absolute atomic E-state index is 0.0205. The van der Waals surface area contributed by atoms with Crippen molar-refractivity contribution in [2.24, 2.45) is 0 Å². The van der Waals surface area contributed by atoms with Crippen LogP contribution in [0.15, 0.2) is 24.3 Å². The summed E-state index contributed by atoms with van der Waals surface area (Å²) in [6.45, 7) is 1.22. The molecule has 0 unspecified atom stereocenters. The Bertz CT molecular complexity index is 584. The Balaban J connectivity index is 2.07. The van der Waals surface area contributed by atoms with Gasteiger partial charge in [0.25, 0.3) is 0 Å². The number of nitriles is 1. The molecule has 108 valence electrons. The highest BCUT2D eigenvalue weighted by Crippen LogP contribution is 2.19. The Morgan fingerprint density at radius 3 is 2.45 bits per heavy atom. The number of hydrogen-bond donors (Lipinski definition) is 0. The summed E-state index contributed by atoms with van der Waals surface area (Å²) < 4.78 is 31.5. The van der Waals surface area contributed by atoms with Crippen LogP contribution in [0, 0.1) is 11.3 Å². The van der Waals surface area contributed by atoms with Crippen LogP contribution in [0.5, 0.6) is 0 Å². The maximum atomic E-state index is 12.4. The summed E-state index contributed by atoms with van der Waals surface area (Å²) in [5, 5.41) is 8.73. The van der Waals surface area contributed by atoms with Gasteiger partial charge in [0.2, 0.25) is 10.0 Å². The van der Waals surface area contributed by atoms with Crippen LogP contribution < -0.4 is 0 Å². The van der Waals surface area contributed by atoms with Gasteiger partial charge in [-0.3, -0.25) is 0 Å². The maximum absolute atomic E-state index is 12.4. The first-order chi connectivity index (χ1) is 9.53. The van der Waals surface area contributed by atoms with Gasteiger partial charge in [0.1, 0.15) is 0 Å². The van der Waals surface area contributed by atoms with E-state index in [1.54, 1.807) is 31.3 Å². The van der Waals surface area contributed by atoms with E-state index < -0.39 is 10.0 Å². The van der Waals surface area contributed by atoms with Gasteiger partial charge >= 0.3 is 0 Å². The van der Waals surface area contributed by atoms with Crippen molar-refractivity contribution in [3.8, 4) is 6.07 Å². The molecule has 1 saturated heterocycles. The molecule has 0 aliphatic carbocycles. The molecule has 2 rings (SSSR count). The van der Waals surface area contributed by atoms with Crippen molar-refractivity contribution in [2.45, 2.75) is 24.6 Å². The summed E-state index contributed by atoms with van der Waals surface area (Å²) in [5.41, 5.74) is 1.23. The van der Waals surface area contributed by atoms with E-state index in [0.29, 0.717) is 24.3 Å². The molecule has 1 heterocycles. The van der Waals surface area contributed by atoms with Gasteiger partial charge < -0.3 is 4.74 Å². The lowest BCUT2D eigenvalue weighted by Crippen LogP contribution is -2.41. The first kappa shape index (κ1) is 15.0. The van der Waals surface area contributed by atoms with Crippen LogP contribution in [-0.2, 0) is 20.5 Å². The van der Waals surface area contributed by atoms with Gasteiger partial charge in [0.05, 0.1) is 17.4 Å². The molecule has 0 atom stereocenters. The number of hydrogen-bond acceptors (Lipinski definition) is 4. The fraction of sp³-hybridized carbons (Fsp3) is 0.500. The summed E-state index contributed by atoms with van der Waals surface area (Å²) >= 11 is 0. The second kappa shape index (κ2) is 6.35. The highest BCUT2D eigenvalue weighted by Gasteiger charge is 2.27. The summed E-state index contributed by atoms with van der Waals surface area (Å²) in [4.78, 5) is 0. The van der Waals surface area contributed by atoms with Crippen molar-refractivity contribution in [2.75, 3.05) is 20.3 Å². The molecule has 1 aliphatic heterocycles. The zero-order valence-electron chi connectivity index (χ0n) is 11.4. The molecule has 1 aromatic rings. The molecule has 5 nitrogen and oxygen atoms in total. The molecule has 0 aromatic heterocycles. The van der Waals surface area contributed by atoms with E-state index in [4.69, 9.17) is 10.00 Å². The van der Waals surface area contributed by atoms with E-state index in [9.17, 15) is 8.42 Å². The SMILES string of the molecule is CN(C1CCOCC1)S(=O)(=O)Cc1ccc(C#N)cc1. The van der Waals surface area contributed by atoms with E-state index in [2.05, 4.69) is 0 Å². The highest BCUT2D eigenvalue weighted by atomic mass is 32.2.